The van der Waals surface area contributed by atoms with Crippen molar-refractivity contribution in [2.45, 2.75) is 23.5 Å². The van der Waals surface area contributed by atoms with Crippen LogP contribution in [0, 0.1) is 0 Å². The summed E-state index contributed by atoms with van der Waals surface area (Å²) in [6, 6.07) is 0. The molecule has 0 spiro atoms. The second-order valence-electron chi connectivity index (χ2n) is 4.58. The van der Waals surface area contributed by atoms with Crippen molar-refractivity contribution < 1.29 is 28.2 Å². The lowest BCUT2D eigenvalue weighted by Gasteiger charge is -2.31. The second-order valence-corrected chi connectivity index (χ2v) is 6.28. The van der Waals surface area contributed by atoms with Crippen molar-refractivity contribution in [3.63, 3.8) is 0 Å². The summed E-state index contributed by atoms with van der Waals surface area (Å²) < 4.78 is 31.3. The molecule has 9 nitrogen and oxygen atoms in total. The van der Waals surface area contributed by atoms with Crippen molar-refractivity contribution in [1.82, 2.24) is 14.9 Å². The number of aromatic amines is 1. The maximum Gasteiger partial charge on any atom is 0.340 e. The number of carboxylic acids is 1. The van der Waals surface area contributed by atoms with Gasteiger partial charge in [0.1, 0.15) is 5.56 Å². The number of nitrogens with zero attached hydrogens (tertiary/aromatic N) is 1. The number of nitrogens with one attached hydrogen (secondary N) is 2. The van der Waals surface area contributed by atoms with E-state index in [-0.39, 0.29) is 6.54 Å². The van der Waals surface area contributed by atoms with Gasteiger partial charge in [-0.2, -0.15) is 5.10 Å². The highest BCUT2D eigenvalue weighted by Crippen LogP contribution is 2.20. The van der Waals surface area contributed by atoms with Crippen molar-refractivity contribution in [3.8, 4) is 0 Å². The quantitative estimate of drug-likeness (QED) is 0.542. The van der Waals surface area contributed by atoms with Crippen LogP contribution in [-0.2, 0) is 14.8 Å². The fourth-order valence-corrected chi connectivity index (χ4v) is 3.07. The molecule has 1 aliphatic rings. The van der Waals surface area contributed by atoms with Gasteiger partial charge in [-0.15, -0.1) is 0 Å². The van der Waals surface area contributed by atoms with Crippen LogP contribution in [-0.4, -0.2) is 60.2 Å². The molecule has 20 heavy (non-hydrogen) atoms. The molecule has 1 aromatic rings. The molecule has 0 radical (unpaired) electrons. The topological polar surface area (TPSA) is 142 Å². The van der Waals surface area contributed by atoms with E-state index in [9.17, 15) is 18.3 Å². The van der Waals surface area contributed by atoms with Crippen molar-refractivity contribution in [2.24, 2.45) is 0 Å². The van der Waals surface area contributed by atoms with Gasteiger partial charge in [0.05, 0.1) is 11.8 Å². The van der Waals surface area contributed by atoms with Crippen molar-refractivity contribution in [3.05, 3.63) is 11.8 Å². The van der Waals surface area contributed by atoms with E-state index >= 15 is 0 Å². The van der Waals surface area contributed by atoms with Gasteiger partial charge in [0.25, 0.3) is 10.0 Å². The molecule has 0 aliphatic carbocycles. The molecule has 10 heteroatoms. The standard InChI is InChI=1S/C10H15N3O6S/c14-9(15)7-5-11-13-8(7)20(17,18)12-6-10(16)1-3-19-4-2-10/h5,12,16H,1-4,6H2,(H,11,13)(H,14,15). The van der Waals surface area contributed by atoms with Gasteiger partial charge in [-0.25, -0.2) is 17.9 Å². The summed E-state index contributed by atoms with van der Waals surface area (Å²) in [6.07, 6.45) is 1.54. The molecular weight excluding hydrogens is 290 g/mol. The average molecular weight is 305 g/mol. The van der Waals surface area contributed by atoms with Gasteiger partial charge < -0.3 is 14.9 Å². The lowest BCUT2D eigenvalue weighted by atomic mass is 9.95. The summed E-state index contributed by atoms with van der Waals surface area (Å²) in [7, 11) is -4.08. The first-order chi connectivity index (χ1) is 9.34. The zero-order chi connectivity index (χ0) is 14.8. The largest absolute Gasteiger partial charge is 0.478 e. The second kappa shape index (κ2) is 5.48. The molecule has 0 amide bonds. The normalized spacial score (nSPS) is 18.9. The summed E-state index contributed by atoms with van der Waals surface area (Å²) in [6.45, 7) is 0.488. The molecule has 1 aliphatic heterocycles. The molecule has 0 saturated carbocycles. The SMILES string of the molecule is O=C(O)c1cn[nH]c1S(=O)(=O)NCC1(O)CCOCC1. The molecular formula is C10H15N3O6S. The predicted molar refractivity (Wildman–Crippen MR) is 65.7 cm³/mol. The van der Waals surface area contributed by atoms with Gasteiger partial charge >= 0.3 is 5.97 Å². The number of aromatic carboxylic acids is 1. The van der Waals surface area contributed by atoms with Gasteiger partial charge in [0.2, 0.25) is 0 Å². The smallest absolute Gasteiger partial charge is 0.340 e. The summed E-state index contributed by atoms with van der Waals surface area (Å²) in [5, 5.41) is 24.1. The summed E-state index contributed by atoms with van der Waals surface area (Å²) in [4.78, 5) is 10.9. The lowest BCUT2D eigenvalue weighted by molar-refractivity contribution is -0.0588. The van der Waals surface area contributed by atoms with Crippen LogP contribution in [0.2, 0.25) is 0 Å². The van der Waals surface area contributed by atoms with E-state index in [0.717, 1.165) is 6.20 Å². The van der Waals surface area contributed by atoms with E-state index in [0.29, 0.717) is 26.1 Å². The Labute approximate surface area is 115 Å². The fourth-order valence-electron chi connectivity index (χ4n) is 1.86. The highest BCUT2D eigenvalue weighted by atomic mass is 32.2. The minimum Gasteiger partial charge on any atom is -0.478 e. The van der Waals surface area contributed by atoms with Crippen molar-refractivity contribution in [2.75, 3.05) is 19.8 Å². The maximum absolute atomic E-state index is 12.0. The van der Waals surface area contributed by atoms with E-state index in [2.05, 4.69) is 14.9 Å². The number of carboxylic acid groups (broad SMARTS) is 1. The fraction of sp³-hybridized carbons (Fsp3) is 0.600. The van der Waals surface area contributed by atoms with E-state index in [1.165, 1.54) is 0 Å². The van der Waals surface area contributed by atoms with Crippen LogP contribution in [0.4, 0.5) is 0 Å². The lowest BCUT2D eigenvalue weighted by Crippen LogP contribution is -2.46. The first-order valence-electron chi connectivity index (χ1n) is 5.90. The van der Waals surface area contributed by atoms with Gasteiger partial charge in [-0.1, -0.05) is 0 Å². The minimum absolute atomic E-state index is 0.212. The maximum atomic E-state index is 12.0. The van der Waals surface area contributed by atoms with Crippen LogP contribution in [0.15, 0.2) is 11.2 Å². The number of ether oxygens (including phenoxy) is 1. The molecule has 1 fully saturated rings. The Morgan fingerprint density at radius 2 is 2.15 bits per heavy atom. The molecule has 2 rings (SSSR count). The highest BCUT2D eigenvalue weighted by Gasteiger charge is 2.33. The Balaban J connectivity index is 2.11. The Morgan fingerprint density at radius 1 is 1.50 bits per heavy atom. The van der Waals surface area contributed by atoms with Crippen LogP contribution in [0.3, 0.4) is 0 Å². The Morgan fingerprint density at radius 3 is 2.75 bits per heavy atom. The monoisotopic (exact) mass is 305 g/mol. The number of hydrogen-bond acceptors (Lipinski definition) is 6. The van der Waals surface area contributed by atoms with Crippen LogP contribution in [0.25, 0.3) is 0 Å². The molecule has 0 unspecified atom stereocenters. The Kier molecular flexibility index (Phi) is 4.09. The third kappa shape index (κ3) is 3.15. The Hall–Kier alpha value is -1.49. The zero-order valence-corrected chi connectivity index (χ0v) is 11.3. The number of aliphatic hydroxyl groups is 1. The number of hydrogen-bond donors (Lipinski definition) is 4. The van der Waals surface area contributed by atoms with Crippen LogP contribution in [0.1, 0.15) is 23.2 Å². The van der Waals surface area contributed by atoms with Crippen molar-refractivity contribution >= 4 is 16.0 Å². The molecule has 1 saturated heterocycles. The van der Waals surface area contributed by atoms with Gasteiger partial charge in [-0.3, -0.25) is 5.10 Å². The number of carbonyl (C=O) groups is 1. The third-order valence-corrected chi connectivity index (χ3v) is 4.49. The molecule has 4 N–H and O–H groups in total. The molecule has 112 valence electrons. The van der Waals surface area contributed by atoms with E-state index in [1.54, 1.807) is 0 Å². The number of rotatable bonds is 5. The van der Waals surface area contributed by atoms with Crippen LogP contribution in [0.5, 0.6) is 0 Å². The predicted octanol–water partition coefficient (Wildman–Crippen LogP) is -1.07. The molecule has 2 heterocycles. The third-order valence-electron chi connectivity index (χ3n) is 3.12. The van der Waals surface area contributed by atoms with E-state index in [1.807, 2.05) is 0 Å². The zero-order valence-electron chi connectivity index (χ0n) is 10.5. The first kappa shape index (κ1) is 14.9. The van der Waals surface area contributed by atoms with E-state index < -0.39 is 32.2 Å². The number of aromatic nitrogens is 2. The molecule has 0 atom stereocenters. The van der Waals surface area contributed by atoms with Crippen LogP contribution >= 0.6 is 0 Å². The summed E-state index contributed by atoms with van der Waals surface area (Å²) in [5.41, 5.74) is -1.63. The van der Waals surface area contributed by atoms with E-state index in [4.69, 9.17) is 9.84 Å². The number of H-pyrrole nitrogens is 1. The van der Waals surface area contributed by atoms with Crippen molar-refractivity contribution in [1.29, 1.82) is 0 Å². The minimum atomic E-state index is -4.08. The van der Waals surface area contributed by atoms with Crippen LogP contribution < -0.4 is 4.72 Å². The van der Waals surface area contributed by atoms with Gasteiger partial charge in [0, 0.05) is 32.6 Å². The molecule has 0 bridgehead atoms. The Bertz CT molecular complexity index is 590. The van der Waals surface area contributed by atoms with Gasteiger partial charge in [-0.05, 0) is 0 Å². The highest BCUT2D eigenvalue weighted by molar-refractivity contribution is 7.89. The average Bonchev–Trinajstić information content (AvgIpc) is 2.88. The molecule has 1 aromatic heterocycles. The van der Waals surface area contributed by atoms with Gasteiger partial charge in [0.15, 0.2) is 5.03 Å². The summed E-state index contributed by atoms with van der Waals surface area (Å²) in [5.74, 6) is -1.40. The number of sulfonamides is 1. The summed E-state index contributed by atoms with van der Waals surface area (Å²) >= 11 is 0. The first-order valence-corrected chi connectivity index (χ1v) is 7.39. The molecule has 0 aromatic carbocycles.